The molecule has 0 fully saturated rings. The Morgan fingerprint density at radius 2 is 1.82 bits per heavy atom. The zero-order valence-corrected chi connectivity index (χ0v) is 12.4. The van der Waals surface area contributed by atoms with Gasteiger partial charge in [0.05, 0.1) is 22.9 Å². The van der Waals surface area contributed by atoms with Gasteiger partial charge in [0.25, 0.3) is 0 Å². The van der Waals surface area contributed by atoms with E-state index in [1.165, 1.54) is 6.07 Å². The number of para-hydroxylation sites is 1. The summed E-state index contributed by atoms with van der Waals surface area (Å²) in [5.41, 5.74) is 1.67. The van der Waals surface area contributed by atoms with Crippen molar-refractivity contribution in [2.75, 3.05) is 0 Å². The van der Waals surface area contributed by atoms with Crippen LogP contribution in [0.25, 0.3) is 10.9 Å². The molecule has 3 aromatic rings. The van der Waals surface area contributed by atoms with Crippen molar-refractivity contribution >= 4 is 20.7 Å². The van der Waals surface area contributed by atoms with Crippen molar-refractivity contribution in [3.63, 3.8) is 0 Å². The van der Waals surface area contributed by atoms with Crippen molar-refractivity contribution in [2.45, 2.75) is 10.8 Å². The minimum absolute atomic E-state index is 0.0496. The molecule has 0 N–H and O–H groups in total. The first-order valence-electron chi connectivity index (χ1n) is 6.66. The molecule has 1 heterocycles. The van der Waals surface area contributed by atoms with Crippen LogP contribution in [0.2, 0.25) is 0 Å². The lowest BCUT2D eigenvalue weighted by atomic mass is 10.2. The second-order valence-corrected chi connectivity index (χ2v) is 6.85. The van der Waals surface area contributed by atoms with Gasteiger partial charge in [-0.25, -0.2) is 13.4 Å². The van der Waals surface area contributed by atoms with Crippen LogP contribution in [0.15, 0.2) is 65.7 Å². The first-order valence-corrected chi connectivity index (χ1v) is 8.31. The Bertz CT molecular complexity index is 989. The molecule has 22 heavy (non-hydrogen) atoms. The molecule has 0 atom stereocenters. The molecule has 4 nitrogen and oxygen atoms in total. The van der Waals surface area contributed by atoms with Crippen LogP contribution in [0.1, 0.15) is 11.1 Å². The highest BCUT2D eigenvalue weighted by atomic mass is 32.2. The average molecular weight is 308 g/mol. The normalized spacial score (nSPS) is 11.2. The van der Waals surface area contributed by atoms with Gasteiger partial charge in [0.15, 0.2) is 14.9 Å². The van der Waals surface area contributed by atoms with E-state index in [-0.39, 0.29) is 10.8 Å². The van der Waals surface area contributed by atoms with Crippen molar-refractivity contribution in [3.8, 4) is 6.07 Å². The zero-order valence-electron chi connectivity index (χ0n) is 11.6. The van der Waals surface area contributed by atoms with Gasteiger partial charge in [0.1, 0.15) is 0 Å². The maximum atomic E-state index is 12.5. The summed E-state index contributed by atoms with van der Waals surface area (Å²) in [6.45, 7) is 0. The monoisotopic (exact) mass is 308 g/mol. The lowest BCUT2D eigenvalue weighted by Gasteiger charge is -2.06. The number of fused-ring (bicyclic) bond motifs is 1. The van der Waals surface area contributed by atoms with E-state index >= 15 is 0 Å². The second-order valence-electron chi connectivity index (χ2n) is 4.91. The number of aromatic nitrogens is 1. The number of hydrogen-bond acceptors (Lipinski definition) is 4. The maximum Gasteiger partial charge on any atom is 0.199 e. The zero-order chi connectivity index (χ0) is 15.6. The average Bonchev–Trinajstić information content (AvgIpc) is 2.54. The minimum Gasteiger partial charge on any atom is -0.236 e. The van der Waals surface area contributed by atoms with E-state index in [4.69, 9.17) is 5.26 Å². The van der Waals surface area contributed by atoms with Gasteiger partial charge < -0.3 is 0 Å². The summed E-state index contributed by atoms with van der Waals surface area (Å²) >= 11 is 0. The van der Waals surface area contributed by atoms with E-state index in [1.54, 1.807) is 36.4 Å². The molecule has 0 aliphatic heterocycles. The van der Waals surface area contributed by atoms with Gasteiger partial charge in [-0.3, -0.25) is 0 Å². The van der Waals surface area contributed by atoms with Crippen LogP contribution in [0.4, 0.5) is 0 Å². The molecule has 0 spiro atoms. The lowest BCUT2D eigenvalue weighted by Crippen LogP contribution is -2.07. The van der Waals surface area contributed by atoms with E-state index in [1.807, 2.05) is 24.3 Å². The van der Waals surface area contributed by atoms with Gasteiger partial charge in [0, 0.05) is 5.39 Å². The Balaban J connectivity index is 1.99. The predicted molar refractivity (Wildman–Crippen MR) is 83.8 cm³/mol. The van der Waals surface area contributed by atoms with Crippen molar-refractivity contribution < 1.29 is 8.42 Å². The number of nitriles is 1. The van der Waals surface area contributed by atoms with Gasteiger partial charge in [0.2, 0.25) is 0 Å². The highest BCUT2D eigenvalue weighted by molar-refractivity contribution is 7.90. The molecular formula is C17H12N2O2S. The molecule has 108 valence electrons. The summed E-state index contributed by atoms with van der Waals surface area (Å²) in [5.74, 6) is -0.173. The fraction of sp³-hybridized carbons (Fsp3) is 0.0588. The molecule has 0 saturated heterocycles. The van der Waals surface area contributed by atoms with Gasteiger partial charge in [-0.1, -0.05) is 30.3 Å². The summed E-state index contributed by atoms with van der Waals surface area (Å²) in [6.07, 6.45) is 0. The summed E-state index contributed by atoms with van der Waals surface area (Å²) in [6, 6.07) is 19.2. The van der Waals surface area contributed by atoms with Crippen molar-refractivity contribution in [1.82, 2.24) is 4.98 Å². The second kappa shape index (κ2) is 5.58. The Morgan fingerprint density at radius 1 is 1.00 bits per heavy atom. The molecule has 0 unspecified atom stereocenters. The Kier molecular flexibility index (Phi) is 3.61. The molecular weight excluding hydrogens is 296 g/mol. The van der Waals surface area contributed by atoms with Crippen LogP contribution < -0.4 is 0 Å². The lowest BCUT2D eigenvalue weighted by molar-refractivity contribution is 0.592. The van der Waals surface area contributed by atoms with E-state index in [0.717, 1.165) is 5.39 Å². The number of sulfone groups is 1. The molecule has 0 radical (unpaired) electrons. The first kappa shape index (κ1) is 14.2. The van der Waals surface area contributed by atoms with Crippen LogP contribution in [0.3, 0.4) is 0 Å². The summed E-state index contributed by atoms with van der Waals surface area (Å²) in [4.78, 5) is 4.23. The Hall–Kier alpha value is -2.71. The third kappa shape index (κ3) is 2.83. The quantitative estimate of drug-likeness (QED) is 0.745. The molecule has 5 heteroatoms. The summed E-state index contributed by atoms with van der Waals surface area (Å²) in [7, 11) is -3.55. The highest BCUT2D eigenvalue weighted by Gasteiger charge is 2.17. The van der Waals surface area contributed by atoms with Crippen LogP contribution >= 0.6 is 0 Å². The topological polar surface area (TPSA) is 70.8 Å². The largest absolute Gasteiger partial charge is 0.236 e. The predicted octanol–water partition coefficient (Wildman–Crippen LogP) is 3.08. The van der Waals surface area contributed by atoms with Crippen molar-refractivity contribution in [3.05, 3.63) is 71.8 Å². The third-order valence-electron chi connectivity index (χ3n) is 3.30. The number of rotatable bonds is 3. The van der Waals surface area contributed by atoms with Crippen LogP contribution in [0, 0.1) is 11.3 Å². The summed E-state index contributed by atoms with van der Waals surface area (Å²) < 4.78 is 25.0. The van der Waals surface area contributed by atoms with Crippen LogP contribution in [-0.2, 0) is 15.6 Å². The molecule has 0 saturated carbocycles. The van der Waals surface area contributed by atoms with Crippen molar-refractivity contribution in [2.24, 2.45) is 0 Å². The molecule has 1 aromatic heterocycles. The number of benzene rings is 2. The van der Waals surface area contributed by atoms with Crippen molar-refractivity contribution in [1.29, 1.82) is 5.26 Å². The first-order chi connectivity index (χ1) is 10.6. The van der Waals surface area contributed by atoms with Crippen LogP contribution in [-0.4, -0.2) is 13.4 Å². The standard InChI is InChI=1S/C17H12N2O2S/c18-11-13-4-3-5-14(10-13)12-22(20,21)17-9-8-15-6-1-2-7-16(15)19-17/h1-10H,12H2. The minimum atomic E-state index is -3.55. The third-order valence-corrected chi connectivity index (χ3v) is 4.88. The van der Waals surface area contributed by atoms with Crippen LogP contribution in [0.5, 0.6) is 0 Å². The van der Waals surface area contributed by atoms with E-state index in [2.05, 4.69) is 4.98 Å². The SMILES string of the molecule is N#Cc1cccc(CS(=O)(=O)c2ccc3ccccc3n2)c1. The molecule has 0 amide bonds. The number of hydrogen-bond donors (Lipinski definition) is 0. The molecule has 0 bridgehead atoms. The van der Waals surface area contributed by atoms with Gasteiger partial charge in [-0.05, 0) is 35.9 Å². The molecule has 2 aromatic carbocycles. The molecule has 0 aliphatic carbocycles. The maximum absolute atomic E-state index is 12.5. The Morgan fingerprint density at radius 3 is 2.64 bits per heavy atom. The number of nitrogens with zero attached hydrogens (tertiary/aromatic N) is 2. The van der Waals surface area contributed by atoms with Gasteiger partial charge >= 0.3 is 0 Å². The van der Waals surface area contributed by atoms with Gasteiger partial charge in [-0.2, -0.15) is 5.26 Å². The highest BCUT2D eigenvalue weighted by Crippen LogP contribution is 2.19. The molecule has 3 rings (SSSR count). The number of pyridine rings is 1. The van der Waals surface area contributed by atoms with Gasteiger partial charge in [-0.15, -0.1) is 0 Å². The molecule has 0 aliphatic rings. The van der Waals surface area contributed by atoms with E-state index in [9.17, 15) is 8.42 Å². The summed E-state index contributed by atoms with van der Waals surface area (Å²) in [5, 5.41) is 9.83. The van der Waals surface area contributed by atoms with E-state index in [0.29, 0.717) is 16.6 Å². The fourth-order valence-corrected chi connectivity index (χ4v) is 3.52. The fourth-order valence-electron chi connectivity index (χ4n) is 2.24. The smallest absolute Gasteiger partial charge is 0.199 e. The Labute approximate surface area is 128 Å². The van der Waals surface area contributed by atoms with E-state index < -0.39 is 9.84 Å².